The first-order chi connectivity index (χ1) is 11.6. The third kappa shape index (κ3) is 3.76. The molecule has 0 spiro atoms. The molecule has 5 nitrogen and oxygen atoms in total. The van der Waals surface area contributed by atoms with Gasteiger partial charge >= 0.3 is 5.97 Å². The molecule has 24 heavy (non-hydrogen) atoms. The Balaban J connectivity index is 1.70. The Labute approximate surface area is 141 Å². The highest BCUT2D eigenvalue weighted by Crippen LogP contribution is 2.27. The fourth-order valence-corrected chi connectivity index (χ4v) is 4.44. The van der Waals surface area contributed by atoms with E-state index in [9.17, 15) is 13.2 Å². The van der Waals surface area contributed by atoms with Gasteiger partial charge in [-0.25, -0.2) is 8.42 Å². The van der Waals surface area contributed by atoms with Gasteiger partial charge in [0.25, 0.3) is 0 Å². The van der Waals surface area contributed by atoms with Crippen molar-refractivity contribution in [1.29, 1.82) is 0 Å². The number of para-hydroxylation sites is 1. The Bertz CT molecular complexity index is 787. The zero-order chi connectivity index (χ0) is 17.0. The average molecular weight is 346 g/mol. The number of ether oxygens (including phenoxy) is 2. The molecule has 6 heteroatoms. The molecule has 0 bridgehead atoms. The summed E-state index contributed by atoms with van der Waals surface area (Å²) >= 11 is 0. The molecular formula is C18H18O5S. The molecule has 0 amide bonds. The van der Waals surface area contributed by atoms with Crippen molar-refractivity contribution >= 4 is 15.8 Å². The van der Waals surface area contributed by atoms with E-state index in [-0.39, 0.29) is 24.3 Å². The van der Waals surface area contributed by atoms with Gasteiger partial charge in [0.1, 0.15) is 18.5 Å². The first-order valence-corrected chi connectivity index (χ1v) is 9.26. The van der Waals surface area contributed by atoms with E-state index in [1.807, 2.05) is 18.2 Å². The van der Waals surface area contributed by atoms with E-state index < -0.39 is 27.2 Å². The largest absolute Gasteiger partial charge is 0.490 e. The van der Waals surface area contributed by atoms with Crippen LogP contribution in [0, 0.1) is 0 Å². The molecule has 1 heterocycles. The quantitative estimate of drug-likeness (QED) is 0.779. The van der Waals surface area contributed by atoms with Gasteiger partial charge in [0.05, 0.1) is 16.6 Å². The van der Waals surface area contributed by atoms with Crippen molar-refractivity contribution in [2.75, 3.05) is 6.61 Å². The summed E-state index contributed by atoms with van der Waals surface area (Å²) in [7, 11) is -3.57. The summed E-state index contributed by atoms with van der Waals surface area (Å²) in [6.07, 6.45) is -0.468. The second-order valence-electron chi connectivity index (χ2n) is 5.66. The molecule has 3 rings (SSSR count). The fraction of sp³-hybridized carbons (Fsp3) is 0.278. The van der Waals surface area contributed by atoms with Crippen LogP contribution in [0.15, 0.2) is 65.6 Å². The minimum absolute atomic E-state index is 0.126. The Kier molecular flexibility index (Phi) is 4.85. The van der Waals surface area contributed by atoms with Crippen LogP contribution in [0.4, 0.5) is 0 Å². The normalized spacial score (nSPS) is 21.1. The van der Waals surface area contributed by atoms with E-state index in [1.54, 1.807) is 42.5 Å². The highest BCUT2D eigenvalue weighted by molar-refractivity contribution is 7.92. The second kappa shape index (κ2) is 7.05. The van der Waals surface area contributed by atoms with E-state index in [1.165, 1.54) is 0 Å². The van der Waals surface area contributed by atoms with Crippen molar-refractivity contribution in [3.63, 3.8) is 0 Å². The lowest BCUT2D eigenvalue weighted by Crippen LogP contribution is -2.40. The van der Waals surface area contributed by atoms with Crippen LogP contribution in [-0.2, 0) is 19.4 Å². The molecule has 1 fully saturated rings. The minimum atomic E-state index is -3.57. The average Bonchev–Trinajstić information content (AvgIpc) is 2.61. The molecule has 0 aliphatic carbocycles. The number of sulfone groups is 1. The van der Waals surface area contributed by atoms with Crippen LogP contribution < -0.4 is 4.74 Å². The SMILES string of the molecule is O=C1CC(S(=O)(=O)c2ccccc2)CC(COc2ccccc2)O1. The lowest BCUT2D eigenvalue weighted by Gasteiger charge is -2.28. The van der Waals surface area contributed by atoms with E-state index in [4.69, 9.17) is 9.47 Å². The number of cyclic esters (lactones) is 1. The van der Waals surface area contributed by atoms with Crippen LogP contribution in [0.25, 0.3) is 0 Å². The van der Waals surface area contributed by atoms with Gasteiger partial charge in [0.15, 0.2) is 9.84 Å². The summed E-state index contributed by atoms with van der Waals surface area (Å²) in [4.78, 5) is 12.1. The van der Waals surface area contributed by atoms with Gasteiger partial charge in [-0.3, -0.25) is 4.79 Å². The van der Waals surface area contributed by atoms with E-state index in [2.05, 4.69) is 0 Å². The van der Waals surface area contributed by atoms with Crippen LogP contribution in [0.2, 0.25) is 0 Å². The highest BCUT2D eigenvalue weighted by atomic mass is 32.2. The van der Waals surface area contributed by atoms with Crippen molar-refractivity contribution in [2.24, 2.45) is 0 Å². The second-order valence-corrected chi connectivity index (χ2v) is 7.88. The number of esters is 1. The predicted octanol–water partition coefficient (Wildman–Crippen LogP) is 2.61. The molecule has 0 aromatic heterocycles. The van der Waals surface area contributed by atoms with Gasteiger partial charge in [-0.15, -0.1) is 0 Å². The lowest BCUT2D eigenvalue weighted by atomic mass is 10.1. The first-order valence-electron chi connectivity index (χ1n) is 7.72. The molecule has 0 N–H and O–H groups in total. The Morgan fingerprint density at radius 1 is 1.00 bits per heavy atom. The molecule has 0 saturated carbocycles. The van der Waals surface area contributed by atoms with E-state index in [0.29, 0.717) is 5.75 Å². The molecule has 126 valence electrons. The number of rotatable bonds is 5. The number of carbonyl (C=O) groups excluding carboxylic acids is 1. The first kappa shape index (κ1) is 16.5. The van der Waals surface area contributed by atoms with Crippen LogP contribution >= 0.6 is 0 Å². The zero-order valence-corrected chi connectivity index (χ0v) is 13.8. The number of hydrogen-bond acceptors (Lipinski definition) is 5. The van der Waals surface area contributed by atoms with Gasteiger partial charge in [0.2, 0.25) is 0 Å². The van der Waals surface area contributed by atoms with E-state index in [0.717, 1.165) is 0 Å². The zero-order valence-electron chi connectivity index (χ0n) is 13.0. The summed E-state index contributed by atoms with van der Waals surface area (Å²) < 4.78 is 36.2. The van der Waals surface area contributed by atoms with Crippen molar-refractivity contribution in [1.82, 2.24) is 0 Å². The topological polar surface area (TPSA) is 69.7 Å². The standard InChI is InChI=1S/C18H18O5S/c19-18-12-17(24(20,21)16-9-5-2-6-10-16)11-15(23-18)13-22-14-7-3-1-4-8-14/h1-10,15,17H,11-13H2. The van der Waals surface area contributed by atoms with Crippen molar-refractivity contribution in [2.45, 2.75) is 29.1 Å². The Morgan fingerprint density at radius 2 is 1.62 bits per heavy atom. The third-order valence-corrected chi connectivity index (χ3v) is 6.07. The van der Waals surface area contributed by atoms with Crippen molar-refractivity contribution in [3.05, 3.63) is 60.7 Å². The fourth-order valence-electron chi connectivity index (χ4n) is 2.69. The smallest absolute Gasteiger partial charge is 0.307 e. The monoisotopic (exact) mass is 346 g/mol. The lowest BCUT2D eigenvalue weighted by molar-refractivity contribution is -0.155. The number of hydrogen-bond donors (Lipinski definition) is 0. The van der Waals surface area contributed by atoms with E-state index >= 15 is 0 Å². The third-order valence-electron chi connectivity index (χ3n) is 3.91. The van der Waals surface area contributed by atoms with Crippen LogP contribution in [0.5, 0.6) is 5.75 Å². The van der Waals surface area contributed by atoms with Gasteiger partial charge in [-0.05, 0) is 24.3 Å². The van der Waals surface area contributed by atoms with Crippen molar-refractivity contribution < 1.29 is 22.7 Å². The molecule has 2 aromatic rings. The maximum atomic E-state index is 12.7. The van der Waals surface area contributed by atoms with Crippen LogP contribution in [0.3, 0.4) is 0 Å². The minimum Gasteiger partial charge on any atom is -0.490 e. The number of benzene rings is 2. The van der Waals surface area contributed by atoms with Crippen LogP contribution in [-0.4, -0.2) is 32.3 Å². The predicted molar refractivity (Wildman–Crippen MR) is 88.5 cm³/mol. The van der Waals surface area contributed by atoms with Gasteiger partial charge in [-0.1, -0.05) is 36.4 Å². The Hall–Kier alpha value is -2.34. The summed E-state index contributed by atoms with van der Waals surface area (Å²) in [6.45, 7) is 0.135. The Morgan fingerprint density at radius 3 is 2.29 bits per heavy atom. The molecule has 1 aliphatic rings. The highest BCUT2D eigenvalue weighted by Gasteiger charge is 2.38. The summed E-state index contributed by atoms with van der Waals surface area (Å²) in [5.74, 6) is 0.147. The summed E-state index contributed by atoms with van der Waals surface area (Å²) in [6, 6.07) is 17.3. The van der Waals surface area contributed by atoms with Gasteiger partial charge in [0, 0.05) is 6.42 Å². The van der Waals surface area contributed by atoms with Crippen LogP contribution in [0.1, 0.15) is 12.8 Å². The molecule has 2 aromatic carbocycles. The summed E-state index contributed by atoms with van der Waals surface area (Å²) in [5, 5.41) is -0.787. The van der Waals surface area contributed by atoms with Crippen molar-refractivity contribution in [3.8, 4) is 5.75 Å². The van der Waals surface area contributed by atoms with Gasteiger partial charge < -0.3 is 9.47 Å². The maximum absolute atomic E-state index is 12.7. The number of carbonyl (C=O) groups is 1. The molecule has 2 unspecified atom stereocenters. The molecule has 1 saturated heterocycles. The molecule has 1 aliphatic heterocycles. The molecular weight excluding hydrogens is 328 g/mol. The van der Waals surface area contributed by atoms with Gasteiger partial charge in [-0.2, -0.15) is 0 Å². The molecule has 2 atom stereocenters. The molecule has 0 radical (unpaired) electrons. The summed E-state index contributed by atoms with van der Waals surface area (Å²) in [5.41, 5.74) is 0. The maximum Gasteiger partial charge on any atom is 0.307 e.